The Hall–Kier alpha value is -3.80. The first kappa shape index (κ1) is 26.8. The van der Waals surface area contributed by atoms with Crippen LogP contribution in [0.1, 0.15) is 23.1 Å². The zero-order valence-corrected chi connectivity index (χ0v) is 24.4. The third kappa shape index (κ3) is 7.41. The van der Waals surface area contributed by atoms with Gasteiger partial charge in [-0.1, -0.05) is 78.7 Å². The van der Waals surface area contributed by atoms with E-state index >= 15 is 0 Å². The molecule has 0 amide bonds. The maximum Gasteiger partial charge on any atom is -0.0771 e. The molecule has 0 heterocycles. The summed E-state index contributed by atoms with van der Waals surface area (Å²) in [7, 11) is 0. The van der Waals surface area contributed by atoms with Crippen LogP contribution < -0.4 is 0 Å². The molecule has 0 unspecified atom stereocenters. The fourth-order valence-electron chi connectivity index (χ4n) is 4.67. The predicted octanol–water partition coefficient (Wildman–Crippen LogP) is 9.43. The Balaban J connectivity index is 0.000000119. The maximum absolute atomic E-state index is 3.17. The standard InChI is InChI=1S/C13H9.C13H10.C12H11.Zr/c1-3-7-12-10(5-1)9-11-6-2-4-8-13(11)12;1-3-7-12(8-4-1)11-13-9-5-2-6-10-13;1-2-6-11(7-3-1)10-12-8-4-5-9-12;/h1-9H;1-10H;1-3,6-9H,4,10H2;/q-1;;-1;+2. The topological polar surface area (TPSA) is 0 Å². The molecule has 0 saturated heterocycles. The van der Waals surface area contributed by atoms with Gasteiger partial charge in [-0.25, -0.2) is 6.08 Å². The van der Waals surface area contributed by atoms with Gasteiger partial charge in [0, 0.05) is 0 Å². The fourth-order valence-corrected chi connectivity index (χ4v) is 5.49. The van der Waals surface area contributed by atoms with Crippen molar-refractivity contribution >= 4 is 24.8 Å². The number of fused-ring (bicyclic) bond motifs is 3. The largest absolute Gasteiger partial charge is 0.126 e. The van der Waals surface area contributed by atoms with E-state index in [4.69, 9.17) is 0 Å². The smallest absolute Gasteiger partial charge is 0.0771 e. The normalized spacial score (nSPS) is 11.8. The van der Waals surface area contributed by atoms with Gasteiger partial charge in [0.2, 0.25) is 0 Å². The molecule has 0 fully saturated rings. The van der Waals surface area contributed by atoms with Gasteiger partial charge in [-0.15, -0.1) is 46.2 Å². The van der Waals surface area contributed by atoms with E-state index in [0.29, 0.717) is 0 Å². The van der Waals surface area contributed by atoms with Crippen molar-refractivity contribution in [3.05, 3.63) is 186 Å². The molecule has 6 aromatic carbocycles. The molecule has 0 bridgehead atoms. The summed E-state index contributed by atoms with van der Waals surface area (Å²) in [5.41, 5.74) is 5.43. The van der Waals surface area contributed by atoms with Gasteiger partial charge in [0.25, 0.3) is 0 Å². The third-order valence-corrected chi connectivity index (χ3v) is 8.09. The summed E-state index contributed by atoms with van der Waals surface area (Å²) in [6.45, 7) is 0. The van der Waals surface area contributed by atoms with Crippen molar-refractivity contribution in [3.63, 3.8) is 0 Å². The summed E-state index contributed by atoms with van der Waals surface area (Å²) in [6.07, 6.45) is 9.53. The molecule has 0 saturated carbocycles. The Morgan fingerprint density at radius 2 is 1.05 bits per heavy atom. The molecule has 0 nitrogen and oxygen atoms in total. The molecule has 0 radical (unpaired) electrons. The first-order valence-electron chi connectivity index (χ1n) is 13.3. The Bertz CT molecular complexity index is 1600. The minimum atomic E-state index is 0.988. The summed E-state index contributed by atoms with van der Waals surface area (Å²) in [6, 6.07) is 50.9. The van der Waals surface area contributed by atoms with Crippen LogP contribution in [-0.2, 0) is 30.7 Å². The SMILES string of the molecule is [C-]1=CC(Cc2ccccc2)=CC1.[Zr+2]=[C](c1ccccc1)c1ccccc1.c1ccc2c(c1)[cH-]c1ccccc12. The monoisotopic (exact) mass is 576 g/mol. The quantitative estimate of drug-likeness (QED) is 0.183. The van der Waals surface area contributed by atoms with Crippen molar-refractivity contribution in [2.75, 3.05) is 0 Å². The first-order chi connectivity index (χ1) is 19.3. The van der Waals surface area contributed by atoms with E-state index in [1.165, 1.54) is 71.2 Å². The zero-order chi connectivity index (χ0) is 26.7. The second-order valence-corrected chi connectivity index (χ2v) is 10.6. The van der Waals surface area contributed by atoms with Gasteiger partial charge < -0.3 is 0 Å². The van der Waals surface area contributed by atoms with Gasteiger partial charge in [0.1, 0.15) is 0 Å². The Morgan fingerprint density at radius 1 is 0.590 bits per heavy atom. The second-order valence-electron chi connectivity index (χ2n) is 9.42. The molecule has 186 valence electrons. The summed E-state index contributed by atoms with van der Waals surface area (Å²) >= 11 is 1.46. The van der Waals surface area contributed by atoms with Crippen LogP contribution in [-0.4, -0.2) is 3.21 Å². The van der Waals surface area contributed by atoms with E-state index in [-0.39, 0.29) is 0 Å². The Labute approximate surface area is 246 Å². The average molecular weight is 578 g/mol. The number of hydrogen-bond donors (Lipinski definition) is 0. The van der Waals surface area contributed by atoms with Crippen molar-refractivity contribution in [2.24, 2.45) is 0 Å². The van der Waals surface area contributed by atoms with Crippen LogP contribution in [0.4, 0.5) is 0 Å². The number of hydrogen-bond acceptors (Lipinski definition) is 0. The van der Waals surface area contributed by atoms with Crippen LogP contribution in [0.25, 0.3) is 21.5 Å². The van der Waals surface area contributed by atoms with Gasteiger partial charge in [-0.05, 0) is 0 Å². The molecule has 0 spiro atoms. The van der Waals surface area contributed by atoms with E-state index in [0.717, 1.165) is 12.8 Å². The molecule has 0 N–H and O–H groups in total. The Morgan fingerprint density at radius 3 is 1.54 bits per heavy atom. The van der Waals surface area contributed by atoms with Gasteiger partial charge >= 0.3 is 99.2 Å². The number of rotatable bonds is 4. The van der Waals surface area contributed by atoms with Crippen LogP contribution in [0.3, 0.4) is 0 Å². The molecule has 1 aliphatic rings. The molecular formula is C38H30Zr. The molecule has 39 heavy (non-hydrogen) atoms. The molecular weight excluding hydrogens is 548 g/mol. The van der Waals surface area contributed by atoms with Gasteiger partial charge in [-0.2, -0.15) is 11.6 Å². The van der Waals surface area contributed by atoms with Crippen molar-refractivity contribution in [3.8, 4) is 0 Å². The predicted molar refractivity (Wildman–Crippen MR) is 164 cm³/mol. The van der Waals surface area contributed by atoms with Crippen molar-refractivity contribution in [1.82, 2.24) is 0 Å². The summed E-state index contributed by atoms with van der Waals surface area (Å²) in [5.74, 6) is 0. The van der Waals surface area contributed by atoms with E-state index in [2.05, 4.69) is 164 Å². The van der Waals surface area contributed by atoms with Crippen LogP contribution in [0.2, 0.25) is 0 Å². The Kier molecular flexibility index (Phi) is 9.51. The molecule has 6 aromatic rings. The van der Waals surface area contributed by atoms with Gasteiger partial charge in [0.15, 0.2) is 0 Å². The fraction of sp³-hybridized carbons (Fsp3) is 0.0526. The van der Waals surface area contributed by atoms with Gasteiger partial charge in [-0.3, -0.25) is 6.08 Å². The van der Waals surface area contributed by atoms with Crippen LogP contribution >= 0.6 is 0 Å². The molecule has 0 atom stereocenters. The summed E-state index contributed by atoms with van der Waals surface area (Å²) in [4.78, 5) is 0. The summed E-state index contributed by atoms with van der Waals surface area (Å²) < 4.78 is 1.42. The van der Waals surface area contributed by atoms with Crippen LogP contribution in [0.15, 0.2) is 163 Å². The zero-order valence-electron chi connectivity index (χ0n) is 21.9. The summed E-state index contributed by atoms with van der Waals surface area (Å²) in [5, 5.41) is 5.39. The number of allylic oxidation sites excluding steroid dienone is 4. The number of benzene rings is 5. The average Bonchev–Trinajstić information content (AvgIpc) is 3.67. The minimum absolute atomic E-state index is 0.988. The molecule has 0 aromatic heterocycles. The minimum Gasteiger partial charge on any atom is -0.126 e. The second kappa shape index (κ2) is 13.8. The first-order valence-corrected chi connectivity index (χ1v) is 14.5. The third-order valence-electron chi connectivity index (χ3n) is 6.67. The molecule has 1 aliphatic carbocycles. The van der Waals surface area contributed by atoms with Crippen LogP contribution in [0, 0.1) is 6.08 Å². The van der Waals surface area contributed by atoms with Crippen molar-refractivity contribution < 1.29 is 24.2 Å². The van der Waals surface area contributed by atoms with Crippen LogP contribution in [0.5, 0.6) is 0 Å². The van der Waals surface area contributed by atoms with E-state index in [1.54, 1.807) is 0 Å². The maximum atomic E-state index is 3.17. The molecule has 7 rings (SSSR count). The van der Waals surface area contributed by atoms with E-state index in [9.17, 15) is 0 Å². The molecule has 1 heteroatoms. The van der Waals surface area contributed by atoms with Gasteiger partial charge in [0.05, 0.1) is 0 Å². The molecule has 0 aliphatic heterocycles. The van der Waals surface area contributed by atoms with E-state index in [1.807, 2.05) is 0 Å². The van der Waals surface area contributed by atoms with Crippen molar-refractivity contribution in [2.45, 2.75) is 12.8 Å². The van der Waals surface area contributed by atoms with E-state index < -0.39 is 0 Å². The van der Waals surface area contributed by atoms with Crippen molar-refractivity contribution in [1.29, 1.82) is 0 Å².